The predicted octanol–water partition coefficient (Wildman–Crippen LogP) is 3.75. The van der Waals surface area contributed by atoms with Gasteiger partial charge >= 0.3 is 0 Å². The lowest BCUT2D eigenvalue weighted by Gasteiger charge is -2.42. The van der Waals surface area contributed by atoms with Crippen LogP contribution < -0.4 is 11.1 Å². The molecule has 0 fully saturated rings. The summed E-state index contributed by atoms with van der Waals surface area (Å²) in [6.07, 6.45) is 0. The minimum Gasteiger partial charge on any atom is -0.340 e. The van der Waals surface area contributed by atoms with E-state index in [1.807, 2.05) is 18.4 Å². The first-order valence-corrected chi connectivity index (χ1v) is 9.82. The molecule has 31 heavy (non-hydrogen) atoms. The van der Waals surface area contributed by atoms with Gasteiger partial charge in [0.05, 0.1) is 12.1 Å². The Bertz CT molecular complexity index is 1140. The molecule has 9 heteroatoms. The van der Waals surface area contributed by atoms with Crippen LogP contribution >= 0.6 is 0 Å². The maximum absolute atomic E-state index is 14.7. The van der Waals surface area contributed by atoms with Crippen LogP contribution in [0.25, 0.3) is 11.3 Å². The van der Waals surface area contributed by atoms with Crippen molar-refractivity contribution in [2.24, 2.45) is 5.73 Å². The first-order chi connectivity index (χ1) is 14.7. The Kier molecular flexibility index (Phi) is 5.22. The molecule has 162 valence electrons. The van der Waals surface area contributed by atoms with Gasteiger partial charge < -0.3 is 20.5 Å². The zero-order valence-corrected chi connectivity index (χ0v) is 17.1. The Morgan fingerprint density at radius 2 is 1.77 bits per heavy atom. The summed E-state index contributed by atoms with van der Waals surface area (Å²) in [5, 5.41) is 3.17. The molecule has 2 aromatic carbocycles. The molecule has 1 amide bonds. The van der Waals surface area contributed by atoms with E-state index in [0.29, 0.717) is 30.4 Å². The molecular weight excluding hydrogens is 407 g/mol. The van der Waals surface area contributed by atoms with Gasteiger partial charge in [-0.25, -0.2) is 18.2 Å². The van der Waals surface area contributed by atoms with Gasteiger partial charge in [-0.15, -0.1) is 0 Å². The second-order valence-electron chi connectivity index (χ2n) is 7.85. The van der Waals surface area contributed by atoms with E-state index < -0.39 is 23.0 Å². The summed E-state index contributed by atoms with van der Waals surface area (Å²) in [6, 6.07) is 8.83. The van der Waals surface area contributed by atoms with Crippen LogP contribution in [-0.2, 0) is 16.9 Å². The number of nitrogens with one attached hydrogen (secondary N) is 1. The number of nitrogens with two attached hydrogens (primary N) is 1. The number of anilines is 2. The number of hydrogen-bond donors (Lipinski definition) is 2. The molecule has 0 saturated heterocycles. The number of carbonyl (C=O) groups is 1. The molecule has 3 N–H and O–H groups in total. The molecule has 0 atom stereocenters. The topological polar surface area (TPSA) is 76.2 Å². The molecule has 2 heterocycles. The highest BCUT2D eigenvalue weighted by molar-refractivity contribution is 5.80. The van der Waals surface area contributed by atoms with Crippen molar-refractivity contribution in [3.63, 3.8) is 0 Å². The Hall–Kier alpha value is -3.33. The molecule has 0 unspecified atom stereocenters. The van der Waals surface area contributed by atoms with Gasteiger partial charge in [-0.3, -0.25) is 4.79 Å². The number of fused-ring (bicyclic) bond motifs is 1. The van der Waals surface area contributed by atoms with Gasteiger partial charge in [-0.2, -0.15) is 0 Å². The van der Waals surface area contributed by atoms with Gasteiger partial charge in [-0.1, -0.05) is 0 Å². The van der Waals surface area contributed by atoms with Gasteiger partial charge in [0, 0.05) is 24.3 Å². The van der Waals surface area contributed by atoms with Gasteiger partial charge in [-0.05, 0) is 56.3 Å². The van der Waals surface area contributed by atoms with Crippen molar-refractivity contribution in [3.05, 3.63) is 65.7 Å². The lowest BCUT2D eigenvalue weighted by Crippen LogP contribution is -2.53. The first kappa shape index (κ1) is 20.9. The SMILES string of the molecule is CC1(C)c2nc(-c3cc(F)ccc3F)c(Nc3ccc(F)cc3)n2CCN1C(=O)CN. The number of amides is 1. The Labute approximate surface area is 177 Å². The quantitative estimate of drug-likeness (QED) is 0.663. The van der Waals surface area contributed by atoms with E-state index in [1.165, 1.54) is 12.1 Å². The molecule has 1 aliphatic heterocycles. The third kappa shape index (κ3) is 3.65. The minimum absolute atomic E-state index is 0.0148. The van der Waals surface area contributed by atoms with Crippen LogP contribution in [0.3, 0.4) is 0 Å². The van der Waals surface area contributed by atoms with Crippen LogP contribution in [0.15, 0.2) is 42.5 Å². The minimum atomic E-state index is -0.837. The Balaban J connectivity index is 1.90. The van der Waals surface area contributed by atoms with Crippen LogP contribution in [0.1, 0.15) is 19.7 Å². The fourth-order valence-electron chi connectivity index (χ4n) is 3.95. The molecule has 3 aromatic rings. The van der Waals surface area contributed by atoms with E-state index in [0.717, 1.165) is 18.2 Å². The van der Waals surface area contributed by atoms with E-state index in [9.17, 15) is 18.0 Å². The molecule has 4 rings (SSSR count). The third-order valence-corrected chi connectivity index (χ3v) is 5.50. The maximum Gasteiger partial charge on any atom is 0.237 e. The molecule has 0 spiro atoms. The summed E-state index contributed by atoms with van der Waals surface area (Å²) >= 11 is 0. The first-order valence-electron chi connectivity index (χ1n) is 9.82. The molecule has 0 saturated carbocycles. The molecule has 0 radical (unpaired) electrons. The van der Waals surface area contributed by atoms with Crippen molar-refractivity contribution in [3.8, 4) is 11.3 Å². The third-order valence-electron chi connectivity index (χ3n) is 5.50. The highest BCUT2D eigenvalue weighted by Crippen LogP contribution is 2.40. The lowest BCUT2D eigenvalue weighted by atomic mass is 9.99. The largest absolute Gasteiger partial charge is 0.340 e. The normalized spacial score (nSPS) is 15.0. The second kappa shape index (κ2) is 7.73. The van der Waals surface area contributed by atoms with Gasteiger partial charge in [0.25, 0.3) is 0 Å². The molecule has 1 aromatic heterocycles. The molecule has 6 nitrogen and oxygen atoms in total. The maximum atomic E-state index is 14.7. The summed E-state index contributed by atoms with van der Waals surface area (Å²) in [6.45, 7) is 4.25. The molecular formula is C22H22F3N5O. The van der Waals surface area contributed by atoms with Gasteiger partial charge in [0.1, 0.15) is 34.8 Å². The van der Waals surface area contributed by atoms with Crippen LogP contribution in [0.5, 0.6) is 0 Å². The number of benzene rings is 2. The summed E-state index contributed by atoms with van der Waals surface area (Å²) in [5.41, 5.74) is 5.47. The van der Waals surface area contributed by atoms with Crippen molar-refractivity contribution in [1.29, 1.82) is 0 Å². The Morgan fingerprint density at radius 3 is 2.45 bits per heavy atom. The van der Waals surface area contributed by atoms with Crippen LogP contribution in [0.2, 0.25) is 0 Å². The van der Waals surface area contributed by atoms with Crippen molar-refractivity contribution in [2.75, 3.05) is 18.4 Å². The zero-order chi connectivity index (χ0) is 22.3. The summed E-state index contributed by atoms with van der Waals surface area (Å²) in [4.78, 5) is 18.6. The molecule has 0 aliphatic carbocycles. The number of carbonyl (C=O) groups excluding carboxylic acids is 1. The highest BCUT2D eigenvalue weighted by atomic mass is 19.1. The summed E-state index contributed by atoms with van der Waals surface area (Å²) < 4.78 is 43.8. The summed E-state index contributed by atoms with van der Waals surface area (Å²) in [7, 11) is 0. The summed E-state index contributed by atoms with van der Waals surface area (Å²) in [5.74, 6) is -0.927. The van der Waals surface area contributed by atoms with E-state index in [4.69, 9.17) is 5.73 Å². The average Bonchev–Trinajstić information content (AvgIpc) is 3.10. The number of hydrogen-bond acceptors (Lipinski definition) is 4. The van der Waals surface area contributed by atoms with Crippen LogP contribution in [0.4, 0.5) is 24.7 Å². The zero-order valence-electron chi connectivity index (χ0n) is 17.1. The second-order valence-corrected chi connectivity index (χ2v) is 7.85. The van der Waals surface area contributed by atoms with Crippen molar-refractivity contribution in [2.45, 2.75) is 25.9 Å². The van der Waals surface area contributed by atoms with E-state index in [2.05, 4.69) is 10.3 Å². The molecule has 0 bridgehead atoms. The number of halogens is 3. The van der Waals surface area contributed by atoms with Crippen molar-refractivity contribution in [1.82, 2.24) is 14.5 Å². The van der Waals surface area contributed by atoms with Crippen molar-refractivity contribution < 1.29 is 18.0 Å². The average molecular weight is 429 g/mol. The monoisotopic (exact) mass is 429 g/mol. The number of aromatic nitrogens is 2. The van der Waals surface area contributed by atoms with Crippen LogP contribution in [0, 0.1) is 17.5 Å². The molecule has 1 aliphatic rings. The van der Waals surface area contributed by atoms with Crippen LogP contribution in [-0.4, -0.2) is 33.4 Å². The standard InChI is InChI=1S/C22H22F3N5O/c1-22(2)21-28-19(16-11-14(24)5-8-17(16)25)20(27-15-6-3-13(23)4-7-15)29(21)9-10-30(22)18(31)12-26/h3-8,11,27H,9-10,12,26H2,1-2H3. The number of imidazole rings is 1. The van der Waals surface area contributed by atoms with Gasteiger partial charge in [0.15, 0.2) is 0 Å². The Morgan fingerprint density at radius 1 is 1.10 bits per heavy atom. The van der Waals surface area contributed by atoms with Crippen molar-refractivity contribution >= 4 is 17.4 Å². The number of rotatable bonds is 4. The van der Waals surface area contributed by atoms with E-state index in [-0.39, 0.29) is 23.7 Å². The van der Waals surface area contributed by atoms with Gasteiger partial charge in [0.2, 0.25) is 5.91 Å². The highest BCUT2D eigenvalue weighted by Gasteiger charge is 2.41. The van der Waals surface area contributed by atoms with E-state index >= 15 is 0 Å². The lowest BCUT2D eigenvalue weighted by molar-refractivity contribution is -0.137. The van der Waals surface area contributed by atoms with E-state index in [1.54, 1.807) is 17.0 Å². The predicted molar refractivity (Wildman–Crippen MR) is 111 cm³/mol. The fraction of sp³-hybridized carbons (Fsp3) is 0.273. The fourth-order valence-corrected chi connectivity index (χ4v) is 3.95. The smallest absolute Gasteiger partial charge is 0.237 e. The number of nitrogens with zero attached hydrogens (tertiary/aromatic N) is 3.